The van der Waals surface area contributed by atoms with E-state index in [0.29, 0.717) is 0 Å². The van der Waals surface area contributed by atoms with Crippen LogP contribution < -0.4 is 9.46 Å². The molecule has 3 aromatic rings. The summed E-state index contributed by atoms with van der Waals surface area (Å²) in [5.74, 6) is -0.512. The lowest BCUT2D eigenvalue weighted by molar-refractivity contribution is 0.183. The number of rotatable bonds is 7. The van der Waals surface area contributed by atoms with Gasteiger partial charge in [0.05, 0.1) is 13.2 Å². The van der Waals surface area contributed by atoms with Gasteiger partial charge >= 0.3 is 0 Å². The Labute approximate surface area is 180 Å². The predicted molar refractivity (Wildman–Crippen MR) is 116 cm³/mol. The van der Waals surface area contributed by atoms with E-state index in [2.05, 4.69) is 21.8 Å². The van der Waals surface area contributed by atoms with Crippen molar-refractivity contribution in [2.45, 2.75) is 23.9 Å². The van der Waals surface area contributed by atoms with Crippen LogP contribution in [0.3, 0.4) is 0 Å². The summed E-state index contributed by atoms with van der Waals surface area (Å²) in [6, 6.07) is 15.7. The van der Waals surface area contributed by atoms with E-state index in [4.69, 9.17) is 4.74 Å². The fraction of sp³-hybridized carbons (Fsp3) is 0.273. The smallest absolute Gasteiger partial charge is 0.244 e. The average Bonchev–Trinajstić information content (AvgIpc) is 3.28. The van der Waals surface area contributed by atoms with E-state index in [0.717, 1.165) is 30.5 Å². The van der Waals surface area contributed by atoms with Crippen LogP contribution in [0, 0.1) is 5.82 Å². The lowest BCUT2D eigenvalue weighted by Gasteiger charge is -2.35. The second kappa shape index (κ2) is 8.85. The normalized spacial score (nSPS) is 15.5. The number of halogens is 1. The predicted octanol–water partition coefficient (Wildman–Crippen LogP) is 3.97. The molecule has 1 N–H and O–H groups in total. The van der Waals surface area contributed by atoms with E-state index in [1.54, 1.807) is 11.3 Å². The van der Waals surface area contributed by atoms with Crippen molar-refractivity contribution in [3.05, 3.63) is 81.8 Å². The Hall–Kier alpha value is -2.26. The molecule has 0 unspecified atom stereocenters. The molecule has 0 bridgehead atoms. The lowest BCUT2D eigenvalue weighted by atomic mass is 9.98. The van der Waals surface area contributed by atoms with Crippen LogP contribution in [0.4, 0.5) is 4.39 Å². The fourth-order valence-electron chi connectivity index (χ4n) is 3.80. The second-order valence-electron chi connectivity index (χ2n) is 7.17. The number of methoxy groups -OCH3 is 1. The van der Waals surface area contributed by atoms with Gasteiger partial charge in [-0.25, -0.2) is 17.5 Å². The van der Waals surface area contributed by atoms with E-state index in [-0.39, 0.29) is 23.2 Å². The third-order valence-corrected chi connectivity index (χ3v) is 7.77. The molecule has 5 nitrogen and oxygen atoms in total. The fourth-order valence-corrected chi connectivity index (χ4v) is 5.88. The minimum atomic E-state index is -3.95. The van der Waals surface area contributed by atoms with E-state index >= 15 is 0 Å². The van der Waals surface area contributed by atoms with Gasteiger partial charge in [-0.05, 0) is 47.2 Å². The zero-order valence-electron chi connectivity index (χ0n) is 16.5. The van der Waals surface area contributed by atoms with Crippen LogP contribution in [-0.2, 0) is 23.0 Å². The number of fused-ring (bicyclic) bond motifs is 1. The maximum absolute atomic E-state index is 13.7. The number of benzene rings is 2. The van der Waals surface area contributed by atoms with E-state index < -0.39 is 15.8 Å². The summed E-state index contributed by atoms with van der Waals surface area (Å²) in [5, 5.41) is 1.99. The third-order valence-electron chi connectivity index (χ3n) is 5.35. The van der Waals surface area contributed by atoms with Gasteiger partial charge in [-0.1, -0.05) is 30.3 Å². The summed E-state index contributed by atoms with van der Waals surface area (Å²) < 4.78 is 47.4. The zero-order valence-corrected chi connectivity index (χ0v) is 18.2. The molecule has 0 radical (unpaired) electrons. The molecule has 0 saturated heterocycles. The summed E-state index contributed by atoms with van der Waals surface area (Å²) >= 11 is 1.60. The van der Waals surface area contributed by atoms with Crippen molar-refractivity contribution in [2.24, 2.45) is 0 Å². The van der Waals surface area contributed by atoms with Crippen LogP contribution in [0.1, 0.15) is 22.0 Å². The lowest BCUT2D eigenvalue weighted by Crippen LogP contribution is -2.40. The van der Waals surface area contributed by atoms with Gasteiger partial charge in [-0.3, -0.25) is 4.90 Å². The Balaban J connectivity index is 1.58. The van der Waals surface area contributed by atoms with Gasteiger partial charge in [0.2, 0.25) is 10.0 Å². The molecule has 2 aromatic carbocycles. The molecule has 0 aliphatic carbocycles. The Bertz CT molecular complexity index is 1120. The Morgan fingerprint density at radius 1 is 1.17 bits per heavy atom. The van der Waals surface area contributed by atoms with Crippen LogP contribution in [0.15, 0.2) is 64.9 Å². The Kier molecular flexibility index (Phi) is 6.19. The van der Waals surface area contributed by atoms with Crippen LogP contribution in [0.2, 0.25) is 0 Å². The molecular formula is C22H23FN2O3S2. The van der Waals surface area contributed by atoms with Crippen molar-refractivity contribution < 1.29 is 17.5 Å². The molecule has 30 heavy (non-hydrogen) atoms. The van der Waals surface area contributed by atoms with E-state index in [1.807, 2.05) is 29.6 Å². The molecule has 1 aliphatic heterocycles. The number of nitrogens with one attached hydrogen (secondary N) is 1. The van der Waals surface area contributed by atoms with Gasteiger partial charge in [0, 0.05) is 24.5 Å². The number of ether oxygens (including phenoxy) is 1. The Morgan fingerprint density at radius 2 is 1.97 bits per heavy atom. The van der Waals surface area contributed by atoms with Gasteiger partial charge in [-0.15, -0.1) is 11.3 Å². The summed E-state index contributed by atoms with van der Waals surface area (Å²) in [7, 11) is -2.58. The number of sulfonamides is 1. The SMILES string of the molecule is COc1ccc(F)cc1S(=O)(=O)NC[C@H](c1cccs1)N1CCc2ccccc2C1. The monoisotopic (exact) mass is 446 g/mol. The third kappa shape index (κ3) is 4.41. The first-order valence-corrected chi connectivity index (χ1v) is 12.0. The van der Waals surface area contributed by atoms with Gasteiger partial charge < -0.3 is 4.74 Å². The summed E-state index contributed by atoms with van der Waals surface area (Å²) in [6.07, 6.45) is 0.919. The average molecular weight is 447 g/mol. The van der Waals surface area contributed by atoms with Gasteiger partial charge in [0.15, 0.2) is 0 Å². The van der Waals surface area contributed by atoms with Gasteiger partial charge in [0.25, 0.3) is 0 Å². The summed E-state index contributed by atoms with van der Waals surface area (Å²) in [5.41, 5.74) is 2.60. The molecular weight excluding hydrogens is 423 g/mol. The van der Waals surface area contributed by atoms with Crippen LogP contribution >= 0.6 is 11.3 Å². The van der Waals surface area contributed by atoms with Crippen LogP contribution in [-0.4, -0.2) is 33.5 Å². The first-order valence-electron chi connectivity index (χ1n) is 9.65. The molecule has 8 heteroatoms. The standard InChI is InChI=1S/C22H23FN2O3S2/c1-28-20-9-8-18(23)13-22(20)30(26,27)24-14-19(21-7-4-12-29-21)25-11-10-16-5-2-3-6-17(16)15-25/h2-9,12-13,19,24H,10-11,14-15H2,1H3/t19-/m1/s1. The topological polar surface area (TPSA) is 58.6 Å². The molecule has 2 heterocycles. The summed E-state index contributed by atoms with van der Waals surface area (Å²) in [4.78, 5) is 3.18. The Morgan fingerprint density at radius 3 is 2.70 bits per heavy atom. The summed E-state index contributed by atoms with van der Waals surface area (Å²) in [6.45, 7) is 1.78. The second-order valence-corrected chi connectivity index (χ2v) is 9.88. The molecule has 0 saturated carbocycles. The first-order chi connectivity index (χ1) is 14.5. The molecule has 0 fully saturated rings. The van der Waals surface area contributed by atoms with Crippen molar-refractivity contribution in [3.8, 4) is 5.75 Å². The molecule has 158 valence electrons. The molecule has 1 atom stereocenters. The first kappa shape index (κ1) is 21.0. The zero-order chi connectivity index (χ0) is 21.1. The highest BCUT2D eigenvalue weighted by Crippen LogP contribution is 2.31. The van der Waals surface area contributed by atoms with Crippen LogP contribution in [0.25, 0.3) is 0 Å². The number of thiophene rings is 1. The largest absolute Gasteiger partial charge is 0.495 e. The van der Waals surface area contributed by atoms with E-state index in [1.165, 1.54) is 30.4 Å². The quantitative estimate of drug-likeness (QED) is 0.597. The number of hydrogen-bond acceptors (Lipinski definition) is 5. The number of nitrogens with zero attached hydrogens (tertiary/aromatic N) is 1. The minimum absolute atomic E-state index is 0.114. The molecule has 1 aliphatic rings. The van der Waals surface area contributed by atoms with Crippen molar-refractivity contribution in [1.29, 1.82) is 0 Å². The van der Waals surface area contributed by atoms with Gasteiger partial charge in [-0.2, -0.15) is 0 Å². The molecule has 4 rings (SSSR count). The van der Waals surface area contributed by atoms with E-state index in [9.17, 15) is 12.8 Å². The molecule has 0 spiro atoms. The minimum Gasteiger partial charge on any atom is -0.495 e. The van der Waals surface area contributed by atoms with Crippen molar-refractivity contribution in [1.82, 2.24) is 9.62 Å². The molecule has 0 amide bonds. The van der Waals surface area contributed by atoms with Gasteiger partial charge in [0.1, 0.15) is 16.5 Å². The van der Waals surface area contributed by atoms with Crippen LogP contribution in [0.5, 0.6) is 5.75 Å². The van der Waals surface area contributed by atoms with Crippen molar-refractivity contribution in [3.63, 3.8) is 0 Å². The van der Waals surface area contributed by atoms with Crippen molar-refractivity contribution >= 4 is 21.4 Å². The van der Waals surface area contributed by atoms with Crippen molar-refractivity contribution in [2.75, 3.05) is 20.2 Å². The molecule has 1 aromatic heterocycles. The maximum atomic E-state index is 13.7. The maximum Gasteiger partial charge on any atom is 0.244 e. The highest BCUT2D eigenvalue weighted by atomic mass is 32.2. The highest BCUT2D eigenvalue weighted by Gasteiger charge is 2.28. The number of hydrogen-bond donors (Lipinski definition) is 1. The highest BCUT2D eigenvalue weighted by molar-refractivity contribution is 7.89.